The van der Waals surface area contributed by atoms with E-state index < -0.39 is 8.72 Å². The molecule has 4 heteroatoms. The molecule has 1 N–H and O–H groups in total. The third kappa shape index (κ3) is 4.55. The lowest BCUT2D eigenvalue weighted by Gasteiger charge is -2.41. The monoisotopic (exact) mass is 287 g/mol. The fourth-order valence-electron chi connectivity index (χ4n) is 3.04. The Morgan fingerprint density at radius 3 is 2.16 bits per heavy atom. The van der Waals surface area contributed by atoms with Crippen LogP contribution >= 0.6 is 0 Å². The molecule has 19 heavy (non-hydrogen) atoms. The fourth-order valence-corrected chi connectivity index (χ4v) is 6.48. The maximum atomic E-state index is 6.18. The first-order valence-corrected chi connectivity index (χ1v) is 10.0. The molecule has 0 radical (unpaired) electrons. The summed E-state index contributed by atoms with van der Waals surface area (Å²) in [6, 6.07) is 0.576. The van der Waals surface area contributed by atoms with Crippen LogP contribution in [0.2, 0.25) is 5.54 Å². The zero-order valence-electron chi connectivity index (χ0n) is 13.5. The van der Waals surface area contributed by atoms with Gasteiger partial charge in [-0.15, -0.1) is 0 Å². The van der Waals surface area contributed by atoms with Crippen molar-refractivity contribution in [3.63, 3.8) is 0 Å². The zero-order chi connectivity index (χ0) is 14.3. The van der Waals surface area contributed by atoms with E-state index in [9.17, 15) is 0 Å². The Morgan fingerprint density at radius 2 is 1.68 bits per heavy atom. The van der Waals surface area contributed by atoms with Crippen LogP contribution in [0.15, 0.2) is 0 Å². The first kappa shape index (κ1) is 17.1. The van der Waals surface area contributed by atoms with E-state index in [0.717, 1.165) is 25.6 Å². The number of hydrogen-bond acceptors (Lipinski definition) is 3. The summed E-state index contributed by atoms with van der Waals surface area (Å²) >= 11 is 0. The van der Waals surface area contributed by atoms with Crippen LogP contribution in [-0.4, -0.2) is 28.0 Å². The molecule has 0 bridgehead atoms. The molecule has 0 heterocycles. The van der Waals surface area contributed by atoms with Crippen molar-refractivity contribution < 1.29 is 8.85 Å². The highest BCUT2D eigenvalue weighted by Crippen LogP contribution is 2.30. The Bertz CT molecular complexity index is 244. The Morgan fingerprint density at radius 1 is 1.11 bits per heavy atom. The first-order chi connectivity index (χ1) is 9.09. The van der Waals surface area contributed by atoms with Crippen molar-refractivity contribution in [1.82, 2.24) is 4.98 Å². The Labute approximate surface area is 120 Å². The van der Waals surface area contributed by atoms with Gasteiger partial charge in [-0.2, -0.15) is 0 Å². The summed E-state index contributed by atoms with van der Waals surface area (Å²) in [5.41, 5.74) is 0.488. The van der Waals surface area contributed by atoms with E-state index in [2.05, 4.69) is 39.6 Å². The van der Waals surface area contributed by atoms with Gasteiger partial charge in [0.15, 0.2) is 0 Å². The van der Waals surface area contributed by atoms with Crippen molar-refractivity contribution in [1.29, 1.82) is 0 Å². The molecular weight excluding hydrogens is 254 g/mol. The van der Waals surface area contributed by atoms with Crippen LogP contribution in [0, 0.1) is 5.92 Å². The maximum absolute atomic E-state index is 6.18. The van der Waals surface area contributed by atoms with Crippen molar-refractivity contribution in [3.05, 3.63) is 0 Å². The average molecular weight is 288 g/mol. The molecule has 0 aromatic rings. The summed E-state index contributed by atoms with van der Waals surface area (Å²) in [4.78, 5) is 3.87. The number of rotatable bonds is 8. The topological polar surface area (TPSA) is 30.5 Å². The van der Waals surface area contributed by atoms with Crippen LogP contribution in [0.5, 0.6) is 0 Å². The van der Waals surface area contributed by atoms with Gasteiger partial charge in [-0.1, -0.05) is 40.0 Å². The molecular formula is C15H33NO2Si. The minimum Gasteiger partial charge on any atom is -0.383 e. The lowest BCUT2D eigenvalue weighted by Crippen LogP contribution is -2.63. The standard InChI is InChI=1S/C15H33NO2Si/c1-6-14(5)19(17-7-2,18-8-3)16-15-12-10-9-11-13(15)4/h13-16H,6-12H2,1-5H3. The molecule has 1 saturated carbocycles. The molecule has 3 atom stereocenters. The predicted molar refractivity (Wildman–Crippen MR) is 83.3 cm³/mol. The molecule has 1 fully saturated rings. The number of hydrogen-bond donors (Lipinski definition) is 1. The van der Waals surface area contributed by atoms with Gasteiger partial charge in [-0.25, -0.2) is 0 Å². The van der Waals surface area contributed by atoms with E-state index in [-0.39, 0.29) is 0 Å². The van der Waals surface area contributed by atoms with Gasteiger partial charge in [-0.3, -0.25) is 4.98 Å². The van der Waals surface area contributed by atoms with Gasteiger partial charge < -0.3 is 8.85 Å². The van der Waals surface area contributed by atoms with Crippen LogP contribution in [0.25, 0.3) is 0 Å². The SMILES string of the molecule is CCO[Si](NC1CCCCC1C)(OCC)C(C)CC. The second-order valence-corrected chi connectivity index (χ2v) is 9.04. The Hall–Kier alpha value is 0.0969. The van der Waals surface area contributed by atoms with Gasteiger partial charge in [0.2, 0.25) is 0 Å². The summed E-state index contributed by atoms with van der Waals surface area (Å²) in [5.74, 6) is 0.741. The molecule has 0 aliphatic heterocycles. The molecule has 1 rings (SSSR count). The van der Waals surface area contributed by atoms with E-state index >= 15 is 0 Å². The van der Waals surface area contributed by atoms with Crippen molar-refractivity contribution in [3.8, 4) is 0 Å². The molecule has 114 valence electrons. The van der Waals surface area contributed by atoms with Gasteiger partial charge in [-0.05, 0) is 32.6 Å². The van der Waals surface area contributed by atoms with Crippen LogP contribution in [0.4, 0.5) is 0 Å². The molecule has 3 unspecified atom stereocenters. The molecule has 0 spiro atoms. The maximum Gasteiger partial charge on any atom is 0.428 e. The Balaban J connectivity index is 2.80. The van der Waals surface area contributed by atoms with Crippen molar-refractivity contribution in [2.24, 2.45) is 5.92 Å². The van der Waals surface area contributed by atoms with Crippen LogP contribution in [0.3, 0.4) is 0 Å². The summed E-state index contributed by atoms with van der Waals surface area (Å²) < 4.78 is 12.4. The van der Waals surface area contributed by atoms with Crippen molar-refractivity contribution in [2.45, 2.75) is 78.3 Å². The second kappa shape index (κ2) is 8.40. The molecule has 0 aromatic carbocycles. The van der Waals surface area contributed by atoms with E-state index in [1.165, 1.54) is 25.7 Å². The van der Waals surface area contributed by atoms with E-state index in [1.54, 1.807) is 0 Å². The molecule has 3 nitrogen and oxygen atoms in total. The third-order valence-corrected chi connectivity index (χ3v) is 8.39. The Kier molecular flexibility index (Phi) is 7.58. The van der Waals surface area contributed by atoms with Gasteiger partial charge in [0.25, 0.3) is 0 Å². The summed E-state index contributed by atoms with van der Waals surface area (Å²) in [7, 11) is -2.28. The summed E-state index contributed by atoms with van der Waals surface area (Å²) in [6.07, 6.45) is 6.43. The van der Waals surface area contributed by atoms with E-state index in [1.807, 2.05) is 0 Å². The third-order valence-electron chi connectivity index (χ3n) is 4.48. The molecule has 0 aromatic heterocycles. The van der Waals surface area contributed by atoms with Crippen LogP contribution < -0.4 is 4.98 Å². The van der Waals surface area contributed by atoms with E-state index in [0.29, 0.717) is 11.6 Å². The van der Waals surface area contributed by atoms with E-state index in [4.69, 9.17) is 8.85 Å². The number of nitrogens with one attached hydrogen (secondary N) is 1. The highest BCUT2D eigenvalue weighted by atomic mass is 28.4. The van der Waals surface area contributed by atoms with Crippen LogP contribution in [0.1, 0.15) is 66.7 Å². The highest BCUT2D eigenvalue weighted by Gasteiger charge is 2.46. The minimum atomic E-state index is -2.28. The quantitative estimate of drug-likeness (QED) is 0.685. The highest BCUT2D eigenvalue weighted by molar-refractivity contribution is 6.66. The largest absolute Gasteiger partial charge is 0.428 e. The fraction of sp³-hybridized carbons (Fsp3) is 1.00. The second-order valence-electron chi connectivity index (χ2n) is 5.86. The lowest BCUT2D eigenvalue weighted by molar-refractivity contribution is 0.145. The van der Waals surface area contributed by atoms with Gasteiger partial charge in [0.1, 0.15) is 0 Å². The molecule has 1 aliphatic carbocycles. The van der Waals surface area contributed by atoms with Crippen LogP contribution in [-0.2, 0) is 8.85 Å². The predicted octanol–water partition coefficient (Wildman–Crippen LogP) is 3.97. The zero-order valence-corrected chi connectivity index (χ0v) is 14.5. The molecule has 1 aliphatic rings. The minimum absolute atomic E-state index is 0.488. The molecule has 0 amide bonds. The smallest absolute Gasteiger partial charge is 0.383 e. The van der Waals surface area contributed by atoms with Gasteiger partial charge in [0.05, 0.1) is 0 Å². The van der Waals surface area contributed by atoms with Gasteiger partial charge in [0, 0.05) is 24.8 Å². The average Bonchev–Trinajstić information content (AvgIpc) is 2.41. The lowest BCUT2D eigenvalue weighted by atomic mass is 9.87. The summed E-state index contributed by atoms with van der Waals surface area (Å²) in [6.45, 7) is 12.5. The first-order valence-electron chi connectivity index (χ1n) is 8.15. The molecule has 0 saturated heterocycles. The van der Waals surface area contributed by atoms with Crippen molar-refractivity contribution >= 4 is 8.72 Å². The summed E-state index contributed by atoms with van der Waals surface area (Å²) in [5, 5.41) is 0. The normalized spacial score (nSPS) is 26.4. The van der Waals surface area contributed by atoms with Crippen molar-refractivity contribution in [2.75, 3.05) is 13.2 Å². The van der Waals surface area contributed by atoms with Gasteiger partial charge >= 0.3 is 8.72 Å².